The monoisotopic (exact) mass is 418 g/mol. The van der Waals surface area contributed by atoms with E-state index in [1.165, 1.54) is 17.3 Å². The maximum Gasteiger partial charge on any atom is 0.338 e. The predicted molar refractivity (Wildman–Crippen MR) is 109 cm³/mol. The molecular weight excluding hydrogens is 396 g/mol. The van der Waals surface area contributed by atoms with Crippen molar-refractivity contribution in [3.8, 4) is 5.75 Å². The Kier molecular flexibility index (Phi) is 5.78. The van der Waals surface area contributed by atoms with Crippen LogP contribution in [-0.4, -0.2) is 46.3 Å². The van der Waals surface area contributed by atoms with Crippen LogP contribution in [0, 0.1) is 0 Å². The van der Waals surface area contributed by atoms with E-state index in [1.54, 1.807) is 43.5 Å². The number of benzene rings is 2. The van der Waals surface area contributed by atoms with Gasteiger partial charge in [0.05, 0.1) is 24.6 Å². The Hall–Kier alpha value is -3.07. The predicted octanol–water partition coefficient (Wildman–Crippen LogP) is 2.20. The van der Waals surface area contributed by atoms with E-state index in [9.17, 15) is 18.0 Å². The van der Waals surface area contributed by atoms with Crippen LogP contribution >= 0.6 is 0 Å². The Morgan fingerprint density at radius 3 is 2.45 bits per heavy atom. The zero-order valence-corrected chi connectivity index (χ0v) is 17.2. The summed E-state index contributed by atoms with van der Waals surface area (Å²) in [5, 5.41) is 2.67. The molecule has 1 aliphatic rings. The molecule has 0 aromatic heterocycles. The fourth-order valence-electron chi connectivity index (χ4n) is 3.04. The van der Waals surface area contributed by atoms with Gasteiger partial charge in [-0.25, -0.2) is 13.2 Å². The number of fused-ring (bicyclic) bond motifs is 1. The molecule has 0 aliphatic carbocycles. The number of nitrogens with zero attached hydrogens (tertiary/aromatic N) is 1. The molecule has 2 aromatic carbocycles. The number of carbonyl (C=O) groups excluding carboxylic acids is 2. The molecule has 0 bridgehead atoms. The molecule has 0 unspecified atom stereocenters. The van der Waals surface area contributed by atoms with Crippen LogP contribution in [-0.2, 0) is 26.0 Å². The van der Waals surface area contributed by atoms with Crippen molar-refractivity contribution in [3.63, 3.8) is 0 Å². The van der Waals surface area contributed by atoms with Crippen LogP contribution in [0.4, 0.5) is 11.4 Å². The second-order valence-corrected chi connectivity index (χ2v) is 8.60. The highest BCUT2D eigenvalue weighted by Crippen LogP contribution is 2.31. The minimum Gasteiger partial charge on any atom is -0.497 e. The molecule has 0 saturated carbocycles. The number of amides is 1. The van der Waals surface area contributed by atoms with Gasteiger partial charge in [-0.2, -0.15) is 0 Å². The van der Waals surface area contributed by atoms with Gasteiger partial charge >= 0.3 is 5.97 Å². The molecule has 0 radical (unpaired) electrons. The van der Waals surface area contributed by atoms with E-state index >= 15 is 0 Å². The number of nitrogens with one attached hydrogen (secondary N) is 1. The Labute approximate surface area is 169 Å². The molecule has 1 amide bonds. The molecule has 1 atom stereocenters. The van der Waals surface area contributed by atoms with Gasteiger partial charge in [0.1, 0.15) is 5.75 Å². The highest BCUT2D eigenvalue weighted by Gasteiger charge is 2.27. The number of esters is 1. The molecule has 8 nitrogen and oxygen atoms in total. The summed E-state index contributed by atoms with van der Waals surface area (Å²) < 4.78 is 35.2. The summed E-state index contributed by atoms with van der Waals surface area (Å²) >= 11 is 0. The molecule has 2 aromatic rings. The Morgan fingerprint density at radius 2 is 1.83 bits per heavy atom. The number of anilines is 2. The normalized spacial score (nSPS) is 14.1. The lowest BCUT2D eigenvalue weighted by atomic mass is 10.1. The fourth-order valence-corrected chi connectivity index (χ4v) is 4.00. The lowest BCUT2D eigenvalue weighted by Gasteiger charge is -2.17. The third-order valence-electron chi connectivity index (χ3n) is 4.58. The third kappa shape index (κ3) is 4.68. The van der Waals surface area contributed by atoms with E-state index in [1.807, 2.05) is 0 Å². The first-order valence-corrected chi connectivity index (χ1v) is 10.8. The summed E-state index contributed by atoms with van der Waals surface area (Å²) in [6.07, 6.45) is 0.648. The van der Waals surface area contributed by atoms with E-state index in [-0.39, 0.29) is 5.56 Å². The van der Waals surface area contributed by atoms with E-state index in [4.69, 9.17) is 9.47 Å². The molecule has 3 rings (SSSR count). The minimum absolute atomic E-state index is 0.267. The van der Waals surface area contributed by atoms with E-state index < -0.39 is 28.0 Å². The zero-order valence-electron chi connectivity index (χ0n) is 16.3. The van der Waals surface area contributed by atoms with Gasteiger partial charge in [0.2, 0.25) is 10.0 Å². The first-order chi connectivity index (χ1) is 13.7. The molecule has 154 valence electrons. The minimum atomic E-state index is -3.36. The van der Waals surface area contributed by atoms with Gasteiger partial charge in [-0.15, -0.1) is 0 Å². The standard InChI is InChI=1S/C20H22N2O6S/c1-13(19(23)21-16-5-7-17(27-2)8-6-16)28-20(24)15-4-9-18-14(12-15)10-11-22(18)29(3,25)26/h4-9,12-13H,10-11H2,1-3H3,(H,21,23)/t13-/m0/s1. The molecule has 0 saturated heterocycles. The first kappa shape index (κ1) is 20.7. The van der Waals surface area contributed by atoms with Crippen LogP contribution in [0.2, 0.25) is 0 Å². The van der Waals surface area contributed by atoms with Crippen LogP contribution in [0.1, 0.15) is 22.8 Å². The van der Waals surface area contributed by atoms with Crippen LogP contribution in [0.5, 0.6) is 5.75 Å². The van der Waals surface area contributed by atoms with Crippen molar-refractivity contribution in [1.29, 1.82) is 0 Å². The molecule has 29 heavy (non-hydrogen) atoms. The highest BCUT2D eigenvalue weighted by molar-refractivity contribution is 7.92. The van der Waals surface area contributed by atoms with E-state index in [0.29, 0.717) is 30.1 Å². The summed E-state index contributed by atoms with van der Waals surface area (Å²) in [5.74, 6) is -0.454. The molecule has 0 fully saturated rings. The number of carbonyl (C=O) groups is 2. The molecule has 1 aliphatic heterocycles. The number of hydrogen-bond acceptors (Lipinski definition) is 6. The Bertz CT molecular complexity index is 1030. The van der Waals surface area contributed by atoms with Crippen molar-refractivity contribution in [2.24, 2.45) is 0 Å². The van der Waals surface area contributed by atoms with Crippen LogP contribution in [0.25, 0.3) is 0 Å². The molecule has 1 N–H and O–H groups in total. The average molecular weight is 418 g/mol. The van der Waals surface area contributed by atoms with Gasteiger partial charge in [-0.1, -0.05) is 0 Å². The Balaban J connectivity index is 1.64. The summed E-state index contributed by atoms with van der Waals surface area (Å²) in [4.78, 5) is 24.7. The summed E-state index contributed by atoms with van der Waals surface area (Å²) in [6, 6.07) is 11.5. The van der Waals surface area contributed by atoms with Gasteiger partial charge < -0.3 is 14.8 Å². The van der Waals surface area contributed by atoms with Crippen molar-refractivity contribution in [3.05, 3.63) is 53.6 Å². The Morgan fingerprint density at radius 1 is 1.14 bits per heavy atom. The molecule has 0 spiro atoms. The van der Waals surface area contributed by atoms with Gasteiger partial charge in [0.15, 0.2) is 6.10 Å². The van der Waals surface area contributed by atoms with Gasteiger partial charge in [0.25, 0.3) is 5.91 Å². The number of methoxy groups -OCH3 is 1. The van der Waals surface area contributed by atoms with Crippen molar-refractivity contribution in [2.45, 2.75) is 19.4 Å². The summed E-state index contributed by atoms with van der Waals surface area (Å²) in [6.45, 7) is 1.82. The maximum atomic E-state index is 12.4. The van der Waals surface area contributed by atoms with E-state index in [0.717, 1.165) is 11.8 Å². The number of hydrogen-bond donors (Lipinski definition) is 1. The maximum absolute atomic E-state index is 12.4. The topological polar surface area (TPSA) is 102 Å². The molecule has 1 heterocycles. The smallest absolute Gasteiger partial charge is 0.338 e. The van der Waals surface area contributed by atoms with Crippen LogP contribution in [0.3, 0.4) is 0 Å². The summed E-state index contributed by atoms with van der Waals surface area (Å²) in [5.41, 5.74) is 2.13. The molecule has 9 heteroatoms. The van der Waals surface area contributed by atoms with Crippen molar-refractivity contribution in [2.75, 3.05) is 29.5 Å². The zero-order chi connectivity index (χ0) is 21.2. The van der Waals surface area contributed by atoms with Crippen molar-refractivity contribution >= 4 is 33.3 Å². The van der Waals surface area contributed by atoms with Crippen LogP contribution in [0.15, 0.2) is 42.5 Å². The number of rotatable bonds is 6. The fraction of sp³-hybridized carbons (Fsp3) is 0.300. The van der Waals surface area contributed by atoms with Gasteiger partial charge in [0, 0.05) is 12.2 Å². The van der Waals surface area contributed by atoms with E-state index in [2.05, 4.69) is 5.32 Å². The largest absolute Gasteiger partial charge is 0.497 e. The quantitative estimate of drug-likeness (QED) is 0.722. The number of ether oxygens (including phenoxy) is 2. The SMILES string of the molecule is COc1ccc(NC(=O)[C@H](C)OC(=O)c2ccc3c(c2)CCN3S(C)(=O)=O)cc1. The summed E-state index contributed by atoms with van der Waals surface area (Å²) in [7, 11) is -1.81. The van der Waals surface area contributed by atoms with Crippen molar-refractivity contribution in [1.82, 2.24) is 0 Å². The van der Waals surface area contributed by atoms with Crippen LogP contribution < -0.4 is 14.4 Å². The second kappa shape index (κ2) is 8.12. The highest BCUT2D eigenvalue weighted by atomic mass is 32.2. The first-order valence-electron chi connectivity index (χ1n) is 8.95. The lowest BCUT2D eigenvalue weighted by Crippen LogP contribution is -2.30. The van der Waals surface area contributed by atoms with Gasteiger partial charge in [-0.05, 0) is 61.4 Å². The van der Waals surface area contributed by atoms with Crippen molar-refractivity contribution < 1.29 is 27.5 Å². The van der Waals surface area contributed by atoms with Gasteiger partial charge in [-0.3, -0.25) is 9.10 Å². The third-order valence-corrected chi connectivity index (χ3v) is 5.76. The second-order valence-electron chi connectivity index (χ2n) is 6.69. The lowest BCUT2D eigenvalue weighted by molar-refractivity contribution is -0.123. The molecular formula is C20H22N2O6S. The number of sulfonamides is 1. The average Bonchev–Trinajstić information content (AvgIpc) is 3.12.